The summed E-state index contributed by atoms with van der Waals surface area (Å²) in [5.41, 5.74) is 0.508. The zero-order chi connectivity index (χ0) is 29.6. The first-order chi connectivity index (χ1) is 18.6. The molecule has 5 rings (SSSR count). The molecule has 4 aliphatic rings. The summed E-state index contributed by atoms with van der Waals surface area (Å²) in [7, 11) is 2.99. The maximum atomic E-state index is 16.0. The number of halogens is 1. The standard InChI is InChI=1S/C27H31FN4O8/c1-8(2)30-13-7-11-17(28)10-5-9-6-12-19(32(3)4)22(35)16(25(29)38)24(37)27(12,40)23(36)14(9)20(33)15(10)21(34)18(11)31-26(13)39/h8-9,12-13,19,30,33-34,37,40H,5-7H2,1-4H3,(H2,29,38)(H,31,39)/t9-,12-,13?,19-,27-/m1/s1. The van der Waals surface area contributed by atoms with Gasteiger partial charge in [0.25, 0.3) is 5.91 Å². The molecule has 3 aliphatic carbocycles. The zero-order valence-electron chi connectivity index (χ0n) is 22.3. The number of rotatable bonds is 4. The van der Waals surface area contributed by atoms with Crippen molar-refractivity contribution in [1.82, 2.24) is 10.2 Å². The van der Waals surface area contributed by atoms with E-state index in [1.807, 2.05) is 13.8 Å². The number of hydrogen-bond donors (Lipinski definition) is 7. The summed E-state index contributed by atoms with van der Waals surface area (Å²) in [6, 6.07) is -2.09. The molecule has 0 spiro atoms. The van der Waals surface area contributed by atoms with E-state index in [1.54, 1.807) is 0 Å². The number of carbonyl (C=O) groups is 4. The molecule has 214 valence electrons. The Kier molecular flexibility index (Phi) is 6.32. The van der Waals surface area contributed by atoms with E-state index in [1.165, 1.54) is 19.0 Å². The van der Waals surface area contributed by atoms with Gasteiger partial charge in [0.15, 0.2) is 17.1 Å². The molecule has 1 saturated carbocycles. The van der Waals surface area contributed by atoms with Crippen LogP contribution in [-0.2, 0) is 32.0 Å². The molecule has 13 heteroatoms. The number of likely N-dealkylation sites (N-methyl/N-ethyl adjacent to an activating group) is 1. The lowest BCUT2D eigenvalue weighted by molar-refractivity contribution is -0.153. The van der Waals surface area contributed by atoms with E-state index in [2.05, 4.69) is 10.6 Å². The number of nitrogens with two attached hydrogens (primary N) is 1. The van der Waals surface area contributed by atoms with Gasteiger partial charge in [-0.05, 0) is 32.9 Å². The number of carbonyl (C=O) groups excluding carboxylic acids is 4. The number of ketones is 2. The zero-order valence-corrected chi connectivity index (χ0v) is 22.3. The first kappa shape index (κ1) is 27.7. The number of amides is 2. The lowest BCUT2D eigenvalue weighted by atomic mass is 9.57. The van der Waals surface area contributed by atoms with Crippen LogP contribution in [0.2, 0.25) is 0 Å². The predicted octanol–water partition coefficient (Wildman–Crippen LogP) is -0.0357. The third-order valence-corrected chi connectivity index (χ3v) is 8.43. The van der Waals surface area contributed by atoms with Crippen LogP contribution in [0.5, 0.6) is 5.75 Å². The Morgan fingerprint density at radius 3 is 2.38 bits per heavy atom. The van der Waals surface area contributed by atoms with Crippen molar-refractivity contribution in [3.05, 3.63) is 39.4 Å². The lowest BCUT2D eigenvalue weighted by Gasteiger charge is -2.50. The maximum absolute atomic E-state index is 16.0. The molecule has 5 atom stereocenters. The first-order valence-corrected chi connectivity index (χ1v) is 12.9. The average molecular weight is 559 g/mol. The largest absolute Gasteiger partial charge is 0.508 e. The van der Waals surface area contributed by atoms with E-state index in [4.69, 9.17) is 5.73 Å². The van der Waals surface area contributed by atoms with Crippen molar-refractivity contribution in [1.29, 1.82) is 0 Å². The minimum absolute atomic E-state index is 0.0366. The third kappa shape index (κ3) is 3.61. The Morgan fingerprint density at radius 2 is 1.80 bits per heavy atom. The quantitative estimate of drug-likeness (QED) is 0.194. The highest BCUT2D eigenvalue weighted by molar-refractivity contribution is 6.24. The predicted molar refractivity (Wildman–Crippen MR) is 139 cm³/mol. The van der Waals surface area contributed by atoms with Gasteiger partial charge in [-0.1, -0.05) is 13.8 Å². The highest BCUT2D eigenvalue weighted by Crippen LogP contribution is 2.54. The topological polar surface area (TPSA) is 203 Å². The van der Waals surface area contributed by atoms with Crippen LogP contribution in [0.25, 0.3) is 5.76 Å². The number of nitrogens with one attached hydrogen (secondary N) is 2. The van der Waals surface area contributed by atoms with Gasteiger partial charge in [-0.25, -0.2) is 4.39 Å². The summed E-state index contributed by atoms with van der Waals surface area (Å²) in [5, 5.41) is 50.5. The fourth-order valence-corrected chi connectivity index (χ4v) is 6.76. The Balaban J connectivity index is 1.70. The fraction of sp³-hybridized carbons (Fsp3) is 0.481. The second-order valence-electron chi connectivity index (χ2n) is 11.4. The number of aromatic hydroxyl groups is 1. The lowest BCUT2D eigenvalue weighted by Crippen LogP contribution is -2.65. The van der Waals surface area contributed by atoms with Crippen molar-refractivity contribution in [2.45, 2.75) is 56.8 Å². The van der Waals surface area contributed by atoms with E-state index < -0.39 is 92.7 Å². The van der Waals surface area contributed by atoms with Crippen molar-refractivity contribution in [3.8, 4) is 5.75 Å². The fourth-order valence-electron chi connectivity index (χ4n) is 6.76. The minimum Gasteiger partial charge on any atom is -0.508 e. The summed E-state index contributed by atoms with van der Waals surface area (Å²) in [5.74, 6) is -9.53. The molecular weight excluding hydrogens is 527 g/mol. The van der Waals surface area contributed by atoms with Gasteiger partial charge in [0, 0.05) is 35.1 Å². The number of aliphatic hydroxyl groups is 3. The van der Waals surface area contributed by atoms with Crippen molar-refractivity contribution >= 4 is 34.8 Å². The maximum Gasteiger partial charge on any atom is 0.255 e. The van der Waals surface area contributed by atoms with Gasteiger partial charge in [0.2, 0.25) is 11.7 Å². The summed E-state index contributed by atoms with van der Waals surface area (Å²) in [4.78, 5) is 53.1. The summed E-state index contributed by atoms with van der Waals surface area (Å²) in [6.07, 6.45) is -0.407. The SMILES string of the molecule is CC(C)NC1Cc2c(F)c3c(c(O)c2NC1=O)C(O)=C1C(=O)[C@@]2(O)C(O)=C(C(N)=O)C(=O)[C@H](N(C)C)[C@H]2C[C@H]1C3. The molecule has 1 unspecified atom stereocenters. The highest BCUT2D eigenvalue weighted by atomic mass is 19.1. The minimum atomic E-state index is -2.79. The normalized spacial score (nSPS) is 29.8. The molecule has 0 aromatic heterocycles. The van der Waals surface area contributed by atoms with Crippen LogP contribution in [0.15, 0.2) is 16.9 Å². The molecule has 1 aromatic carbocycles. The molecule has 8 N–H and O–H groups in total. The van der Waals surface area contributed by atoms with Crippen LogP contribution in [0, 0.1) is 17.7 Å². The molecule has 1 heterocycles. The molecule has 1 aliphatic heterocycles. The molecule has 40 heavy (non-hydrogen) atoms. The van der Waals surface area contributed by atoms with Gasteiger partial charge in [-0.2, -0.15) is 0 Å². The number of hydrogen-bond acceptors (Lipinski definition) is 10. The third-order valence-electron chi connectivity index (χ3n) is 8.43. The van der Waals surface area contributed by atoms with E-state index in [9.17, 15) is 39.6 Å². The number of benzene rings is 1. The van der Waals surface area contributed by atoms with Crippen LogP contribution < -0.4 is 16.4 Å². The Bertz CT molecular complexity index is 1460. The first-order valence-electron chi connectivity index (χ1n) is 12.9. The van der Waals surface area contributed by atoms with Gasteiger partial charge in [-0.3, -0.25) is 24.1 Å². The number of phenolic OH excluding ortho intramolecular Hbond substituents is 1. The number of nitrogens with zero attached hydrogens (tertiary/aromatic N) is 1. The van der Waals surface area contributed by atoms with Crippen molar-refractivity contribution in [2.75, 3.05) is 19.4 Å². The monoisotopic (exact) mass is 558 g/mol. The van der Waals surface area contributed by atoms with E-state index in [0.717, 1.165) is 0 Å². The molecule has 0 saturated heterocycles. The van der Waals surface area contributed by atoms with Gasteiger partial charge >= 0.3 is 0 Å². The van der Waals surface area contributed by atoms with Crippen LogP contribution >= 0.6 is 0 Å². The van der Waals surface area contributed by atoms with Crippen LogP contribution in [0.3, 0.4) is 0 Å². The summed E-state index contributed by atoms with van der Waals surface area (Å²) < 4.78 is 16.0. The van der Waals surface area contributed by atoms with Crippen LogP contribution in [0.1, 0.15) is 37.0 Å². The number of primary amides is 1. The van der Waals surface area contributed by atoms with E-state index >= 15 is 4.39 Å². The van der Waals surface area contributed by atoms with E-state index in [-0.39, 0.29) is 42.1 Å². The molecular formula is C27H31FN4O8. The molecule has 0 bridgehead atoms. The molecule has 2 amide bonds. The highest BCUT2D eigenvalue weighted by Gasteiger charge is 2.64. The van der Waals surface area contributed by atoms with Gasteiger partial charge in [0.1, 0.15) is 22.9 Å². The van der Waals surface area contributed by atoms with Crippen molar-refractivity contribution < 1.29 is 44.0 Å². The number of phenols is 1. The number of anilines is 1. The number of aliphatic hydroxyl groups excluding tert-OH is 2. The Labute approximate surface area is 228 Å². The number of fused-ring (bicyclic) bond motifs is 4. The molecule has 1 aromatic rings. The van der Waals surface area contributed by atoms with Crippen molar-refractivity contribution in [3.63, 3.8) is 0 Å². The van der Waals surface area contributed by atoms with E-state index in [0.29, 0.717) is 0 Å². The summed E-state index contributed by atoms with van der Waals surface area (Å²) >= 11 is 0. The van der Waals surface area contributed by atoms with Crippen LogP contribution in [-0.4, -0.2) is 86.5 Å². The Morgan fingerprint density at radius 1 is 1.15 bits per heavy atom. The smallest absolute Gasteiger partial charge is 0.255 e. The number of Topliss-reactive ketones (excluding diaryl/α,β-unsaturated/α-hetero) is 2. The summed E-state index contributed by atoms with van der Waals surface area (Å²) in [6.45, 7) is 3.65. The molecule has 1 fully saturated rings. The van der Waals surface area contributed by atoms with Gasteiger partial charge in [0.05, 0.1) is 23.3 Å². The van der Waals surface area contributed by atoms with Gasteiger partial charge < -0.3 is 36.8 Å². The Hall–Kier alpha value is -3.81. The van der Waals surface area contributed by atoms with Gasteiger partial charge in [-0.15, -0.1) is 0 Å². The van der Waals surface area contributed by atoms with Crippen molar-refractivity contribution in [2.24, 2.45) is 17.6 Å². The molecule has 0 radical (unpaired) electrons. The van der Waals surface area contributed by atoms with Crippen LogP contribution in [0.4, 0.5) is 10.1 Å². The second kappa shape index (κ2) is 9.11. The average Bonchev–Trinajstić information content (AvgIpc) is 2.84. The second-order valence-corrected chi connectivity index (χ2v) is 11.4. The molecule has 12 nitrogen and oxygen atoms in total.